The van der Waals surface area contributed by atoms with Crippen molar-refractivity contribution in [2.45, 2.75) is 31.3 Å². The molecule has 42 heavy (non-hydrogen) atoms. The molecule has 1 saturated heterocycles. The first-order valence-corrected chi connectivity index (χ1v) is 15.7. The van der Waals surface area contributed by atoms with E-state index in [0.29, 0.717) is 51.2 Å². The summed E-state index contributed by atoms with van der Waals surface area (Å²) in [6, 6.07) is 20.3. The van der Waals surface area contributed by atoms with E-state index in [1.807, 2.05) is 60.0 Å². The number of ether oxygens (including phenoxy) is 1. The number of anilines is 1. The van der Waals surface area contributed by atoms with Gasteiger partial charge in [-0.2, -0.15) is 4.31 Å². The number of aryl methyl sites for hydroxylation is 1. The second-order valence-electron chi connectivity index (χ2n) is 10.7. The Morgan fingerprint density at radius 2 is 1.62 bits per heavy atom. The van der Waals surface area contributed by atoms with Gasteiger partial charge in [0.15, 0.2) is 0 Å². The van der Waals surface area contributed by atoms with Crippen molar-refractivity contribution in [1.82, 2.24) is 13.8 Å². The van der Waals surface area contributed by atoms with Crippen LogP contribution in [0.25, 0.3) is 10.9 Å². The predicted molar refractivity (Wildman–Crippen MR) is 163 cm³/mol. The summed E-state index contributed by atoms with van der Waals surface area (Å²) in [5.74, 6) is 0.452. The fourth-order valence-corrected chi connectivity index (χ4v) is 7.35. The molecule has 1 fully saturated rings. The largest absolute Gasteiger partial charge is 0.497 e. The Hall–Kier alpha value is -4.15. The maximum absolute atomic E-state index is 13.8. The summed E-state index contributed by atoms with van der Waals surface area (Å²) in [4.78, 5) is 31.4. The van der Waals surface area contributed by atoms with E-state index < -0.39 is 15.5 Å². The first-order valence-electron chi connectivity index (χ1n) is 14.2. The van der Waals surface area contributed by atoms with Gasteiger partial charge in [0.1, 0.15) is 11.3 Å². The van der Waals surface area contributed by atoms with Crippen LogP contribution in [0.4, 0.5) is 5.69 Å². The molecule has 0 saturated carbocycles. The molecule has 2 aliphatic heterocycles. The quantitative estimate of drug-likeness (QED) is 0.342. The molecule has 4 aromatic rings. The molecule has 0 bridgehead atoms. The number of benzene rings is 3. The van der Waals surface area contributed by atoms with Crippen LogP contribution in [0.1, 0.15) is 28.4 Å². The Bertz CT molecular complexity index is 1810. The minimum atomic E-state index is -3.85. The van der Waals surface area contributed by atoms with Gasteiger partial charge in [-0.1, -0.05) is 24.3 Å². The number of pyridine rings is 1. The monoisotopic (exact) mass is 586 g/mol. The zero-order chi connectivity index (χ0) is 29.4. The molecule has 0 radical (unpaired) electrons. The summed E-state index contributed by atoms with van der Waals surface area (Å²) < 4.78 is 35.9. The normalized spacial score (nSPS) is 16.0. The Kier molecular flexibility index (Phi) is 7.51. The maximum atomic E-state index is 13.8. The highest BCUT2D eigenvalue weighted by molar-refractivity contribution is 7.89. The molecule has 3 aromatic carbocycles. The summed E-state index contributed by atoms with van der Waals surface area (Å²) in [5, 5.41) is 0.234. The smallest absolute Gasteiger partial charge is 0.259 e. The molecule has 6 rings (SSSR count). The molecule has 0 N–H and O–H groups in total. The van der Waals surface area contributed by atoms with Gasteiger partial charge in [-0.15, -0.1) is 0 Å². The van der Waals surface area contributed by atoms with Gasteiger partial charge in [0.25, 0.3) is 5.91 Å². The summed E-state index contributed by atoms with van der Waals surface area (Å²) >= 11 is 0. The fourth-order valence-electron chi connectivity index (χ4n) is 5.91. The molecule has 1 aromatic heterocycles. The van der Waals surface area contributed by atoms with E-state index in [9.17, 15) is 18.0 Å². The molecule has 0 atom stereocenters. The van der Waals surface area contributed by atoms with E-state index in [2.05, 4.69) is 4.90 Å². The SMILES string of the molecule is CCn1cc(C(=O)N2CCN(c3ccc(OC)cc3)CC2)c(=O)c2cc(S(=O)(=O)N3CCc4ccccc4C3)ccc21. The van der Waals surface area contributed by atoms with Crippen molar-refractivity contribution in [1.29, 1.82) is 0 Å². The lowest BCUT2D eigenvalue weighted by Gasteiger charge is -2.36. The van der Waals surface area contributed by atoms with E-state index in [4.69, 9.17) is 4.74 Å². The standard InChI is InChI=1S/C32H34N4O5S/c1-3-33-22-29(32(38)35-18-16-34(17-19-35)25-8-10-26(41-2)11-9-25)31(37)28-20-27(12-13-30(28)33)42(39,40)36-15-14-23-6-4-5-7-24(23)21-36/h4-13,20,22H,3,14-19,21H2,1-2H3. The predicted octanol–water partition coefficient (Wildman–Crippen LogP) is 3.74. The van der Waals surface area contributed by atoms with Crippen molar-refractivity contribution in [2.75, 3.05) is 44.7 Å². The van der Waals surface area contributed by atoms with Crippen molar-refractivity contribution < 1.29 is 17.9 Å². The lowest BCUT2D eigenvalue weighted by molar-refractivity contribution is 0.0745. The van der Waals surface area contributed by atoms with Crippen LogP contribution in [0.2, 0.25) is 0 Å². The van der Waals surface area contributed by atoms with Gasteiger partial charge in [0.2, 0.25) is 15.5 Å². The van der Waals surface area contributed by atoms with Gasteiger partial charge in [-0.3, -0.25) is 9.59 Å². The highest BCUT2D eigenvalue weighted by Crippen LogP contribution is 2.27. The molecule has 218 valence electrons. The van der Waals surface area contributed by atoms with Crippen molar-refractivity contribution in [2.24, 2.45) is 0 Å². The first-order chi connectivity index (χ1) is 20.3. The Morgan fingerprint density at radius 3 is 2.31 bits per heavy atom. The lowest BCUT2D eigenvalue weighted by Crippen LogP contribution is -2.49. The molecule has 3 heterocycles. The van der Waals surface area contributed by atoms with Crippen molar-refractivity contribution in [3.05, 3.63) is 99.8 Å². The van der Waals surface area contributed by atoms with Crippen LogP contribution in [-0.4, -0.2) is 67.9 Å². The summed E-state index contributed by atoms with van der Waals surface area (Å²) in [6.07, 6.45) is 2.24. The number of carbonyl (C=O) groups excluding carboxylic acids is 1. The molecule has 2 aliphatic rings. The van der Waals surface area contributed by atoms with Gasteiger partial charge in [-0.25, -0.2) is 8.42 Å². The van der Waals surface area contributed by atoms with Gasteiger partial charge in [-0.05, 0) is 66.9 Å². The molecular formula is C32H34N4O5S. The number of piperazine rings is 1. The van der Waals surface area contributed by atoms with E-state index in [0.717, 1.165) is 22.6 Å². The second-order valence-corrected chi connectivity index (χ2v) is 12.6. The first kappa shape index (κ1) is 28.0. The number of nitrogens with zero attached hydrogens (tertiary/aromatic N) is 4. The number of carbonyl (C=O) groups is 1. The third kappa shape index (κ3) is 5.05. The number of methoxy groups -OCH3 is 1. The average Bonchev–Trinajstić information content (AvgIpc) is 3.04. The second kappa shape index (κ2) is 11.3. The molecule has 10 heteroatoms. The molecule has 0 spiro atoms. The van der Waals surface area contributed by atoms with Crippen LogP contribution in [0.15, 0.2) is 82.6 Å². The molecule has 0 unspecified atom stereocenters. The molecule has 0 aliphatic carbocycles. The van der Waals surface area contributed by atoms with Crippen LogP contribution < -0.4 is 15.1 Å². The zero-order valence-corrected chi connectivity index (χ0v) is 24.6. The van der Waals surface area contributed by atoms with E-state index in [1.54, 1.807) is 30.3 Å². The fraction of sp³-hybridized carbons (Fsp3) is 0.312. The number of hydrogen-bond donors (Lipinski definition) is 0. The zero-order valence-electron chi connectivity index (χ0n) is 23.8. The molecule has 9 nitrogen and oxygen atoms in total. The number of fused-ring (bicyclic) bond motifs is 2. The summed E-state index contributed by atoms with van der Waals surface area (Å²) in [6.45, 7) is 5.33. The molecular weight excluding hydrogens is 552 g/mol. The van der Waals surface area contributed by atoms with E-state index in [-0.39, 0.29) is 28.3 Å². The van der Waals surface area contributed by atoms with Gasteiger partial charge in [0.05, 0.1) is 17.5 Å². The topological polar surface area (TPSA) is 92.2 Å². The summed E-state index contributed by atoms with van der Waals surface area (Å²) in [7, 11) is -2.22. The number of amides is 1. The highest BCUT2D eigenvalue weighted by atomic mass is 32.2. The summed E-state index contributed by atoms with van der Waals surface area (Å²) in [5.41, 5.74) is 3.41. The number of sulfonamides is 1. The van der Waals surface area contributed by atoms with Gasteiger partial charge in [0, 0.05) is 63.1 Å². The Labute approximate surface area is 245 Å². The van der Waals surface area contributed by atoms with Crippen molar-refractivity contribution in [3.63, 3.8) is 0 Å². The number of rotatable bonds is 6. The Balaban J connectivity index is 1.27. The third-order valence-electron chi connectivity index (χ3n) is 8.36. The van der Waals surface area contributed by atoms with Crippen molar-refractivity contribution >= 4 is 32.5 Å². The maximum Gasteiger partial charge on any atom is 0.259 e. The van der Waals surface area contributed by atoms with E-state index in [1.165, 1.54) is 10.4 Å². The van der Waals surface area contributed by atoms with Crippen LogP contribution in [0.3, 0.4) is 0 Å². The number of aromatic nitrogens is 1. The molecule has 1 amide bonds. The average molecular weight is 587 g/mol. The Morgan fingerprint density at radius 1 is 0.905 bits per heavy atom. The van der Waals surface area contributed by atoms with Crippen molar-refractivity contribution in [3.8, 4) is 5.75 Å². The third-order valence-corrected chi connectivity index (χ3v) is 10.2. The minimum Gasteiger partial charge on any atom is -0.497 e. The van der Waals surface area contributed by atoms with Gasteiger partial charge >= 0.3 is 0 Å². The van der Waals surface area contributed by atoms with E-state index >= 15 is 0 Å². The number of hydrogen-bond acceptors (Lipinski definition) is 6. The minimum absolute atomic E-state index is 0.0590. The van der Waals surface area contributed by atoms with Gasteiger partial charge < -0.3 is 19.1 Å². The van der Waals surface area contributed by atoms with Crippen LogP contribution in [0, 0.1) is 0 Å². The lowest BCUT2D eigenvalue weighted by atomic mass is 10.0. The van der Waals surface area contributed by atoms with Crippen LogP contribution in [-0.2, 0) is 29.5 Å². The highest BCUT2D eigenvalue weighted by Gasteiger charge is 2.30. The van der Waals surface area contributed by atoms with Crippen LogP contribution >= 0.6 is 0 Å². The van der Waals surface area contributed by atoms with Crippen LogP contribution in [0.5, 0.6) is 5.75 Å².